The molecule has 24 heavy (non-hydrogen) atoms. The first-order valence-electron chi connectivity index (χ1n) is 8.78. The molecule has 1 N–H and O–H groups in total. The van der Waals surface area contributed by atoms with Crippen molar-refractivity contribution >= 4 is 17.2 Å². The fourth-order valence-corrected chi connectivity index (χ4v) is 3.85. The van der Waals surface area contributed by atoms with Crippen LogP contribution in [0.4, 0.5) is 0 Å². The van der Waals surface area contributed by atoms with Crippen molar-refractivity contribution in [1.29, 1.82) is 0 Å². The van der Waals surface area contributed by atoms with Gasteiger partial charge in [0.15, 0.2) is 0 Å². The molecule has 0 saturated heterocycles. The molecular formula is C20H25NO2S. The Labute approximate surface area is 148 Å². The summed E-state index contributed by atoms with van der Waals surface area (Å²) in [6, 6.07) is 10.3. The molecule has 1 heterocycles. The van der Waals surface area contributed by atoms with Crippen molar-refractivity contribution in [2.24, 2.45) is 0 Å². The molecule has 1 aliphatic rings. The number of nitrogens with one attached hydrogen (secondary N) is 1. The predicted molar refractivity (Wildman–Crippen MR) is 98.8 cm³/mol. The van der Waals surface area contributed by atoms with Gasteiger partial charge in [-0.25, -0.2) is 0 Å². The van der Waals surface area contributed by atoms with Crippen molar-refractivity contribution < 1.29 is 9.53 Å². The zero-order valence-corrected chi connectivity index (χ0v) is 15.0. The van der Waals surface area contributed by atoms with Gasteiger partial charge in [-0.2, -0.15) is 0 Å². The molecule has 1 aromatic carbocycles. The van der Waals surface area contributed by atoms with E-state index in [0.29, 0.717) is 12.6 Å². The molecule has 0 atom stereocenters. The predicted octanol–water partition coefficient (Wildman–Crippen LogP) is 5.09. The molecule has 1 aromatic heterocycles. The van der Waals surface area contributed by atoms with E-state index >= 15 is 0 Å². The topological polar surface area (TPSA) is 38.3 Å². The lowest BCUT2D eigenvalue weighted by Gasteiger charge is -2.15. The number of carbonyl (C=O) groups excluding carboxylic acids is 1. The van der Waals surface area contributed by atoms with E-state index in [9.17, 15) is 4.79 Å². The SMILES string of the molecule is Cc1ccc(OCc2csc(C(=O)NC3CCCCCC3)c2)cc1. The lowest BCUT2D eigenvalue weighted by atomic mass is 10.1. The van der Waals surface area contributed by atoms with Crippen LogP contribution in [0.25, 0.3) is 0 Å². The Balaban J connectivity index is 1.52. The lowest BCUT2D eigenvalue weighted by Crippen LogP contribution is -2.33. The first-order chi connectivity index (χ1) is 11.7. The summed E-state index contributed by atoms with van der Waals surface area (Å²) in [5.74, 6) is 0.921. The average Bonchev–Trinajstić information content (AvgIpc) is 2.92. The van der Waals surface area contributed by atoms with Crippen LogP contribution in [0, 0.1) is 6.92 Å². The molecule has 0 bridgehead atoms. The molecule has 1 saturated carbocycles. The minimum Gasteiger partial charge on any atom is -0.489 e. The van der Waals surface area contributed by atoms with Gasteiger partial charge in [0.25, 0.3) is 5.91 Å². The Bertz CT molecular complexity index is 655. The number of aryl methyl sites for hydroxylation is 1. The first kappa shape index (κ1) is 17.0. The van der Waals surface area contributed by atoms with Gasteiger partial charge in [0, 0.05) is 11.6 Å². The molecule has 3 rings (SSSR count). The van der Waals surface area contributed by atoms with Gasteiger partial charge < -0.3 is 10.1 Å². The third-order valence-corrected chi connectivity index (χ3v) is 5.47. The second kappa shape index (κ2) is 8.34. The molecule has 2 aromatic rings. The van der Waals surface area contributed by atoms with Gasteiger partial charge in [0.2, 0.25) is 0 Å². The molecule has 0 spiro atoms. The van der Waals surface area contributed by atoms with Crippen LogP contribution in [0.1, 0.15) is 59.3 Å². The van der Waals surface area contributed by atoms with Crippen molar-refractivity contribution in [2.75, 3.05) is 0 Å². The van der Waals surface area contributed by atoms with Gasteiger partial charge in [-0.05, 0) is 43.3 Å². The van der Waals surface area contributed by atoms with E-state index in [1.165, 1.54) is 42.6 Å². The number of hydrogen-bond acceptors (Lipinski definition) is 3. The van der Waals surface area contributed by atoms with E-state index in [4.69, 9.17) is 4.74 Å². The Morgan fingerprint density at radius 2 is 1.88 bits per heavy atom. The van der Waals surface area contributed by atoms with Crippen molar-refractivity contribution in [3.63, 3.8) is 0 Å². The van der Waals surface area contributed by atoms with E-state index in [1.54, 1.807) is 0 Å². The summed E-state index contributed by atoms with van der Waals surface area (Å²) in [6.45, 7) is 2.55. The van der Waals surface area contributed by atoms with Crippen molar-refractivity contribution in [2.45, 2.75) is 58.1 Å². The second-order valence-electron chi connectivity index (χ2n) is 6.58. The van der Waals surface area contributed by atoms with Gasteiger partial charge in [-0.3, -0.25) is 4.79 Å². The van der Waals surface area contributed by atoms with Crippen molar-refractivity contribution in [3.8, 4) is 5.75 Å². The van der Waals surface area contributed by atoms with Crippen LogP contribution in [-0.2, 0) is 6.61 Å². The summed E-state index contributed by atoms with van der Waals surface area (Å²) < 4.78 is 5.78. The van der Waals surface area contributed by atoms with E-state index in [2.05, 4.69) is 12.2 Å². The number of rotatable bonds is 5. The van der Waals surface area contributed by atoms with Gasteiger partial charge in [0.05, 0.1) is 4.88 Å². The zero-order chi connectivity index (χ0) is 16.8. The lowest BCUT2D eigenvalue weighted by molar-refractivity contribution is 0.0937. The Kier molecular flexibility index (Phi) is 5.91. The summed E-state index contributed by atoms with van der Waals surface area (Å²) in [4.78, 5) is 13.2. The zero-order valence-electron chi connectivity index (χ0n) is 14.2. The fourth-order valence-electron chi connectivity index (χ4n) is 3.05. The monoisotopic (exact) mass is 343 g/mol. The molecule has 1 fully saturated rings. The highest BCUT2D eigenvalue weighted by Crippen LogP contribution is 2.21. The van der Waals surface area contributed by atoms with E-state index in [1.807, 2.05) is 35.7 Å². The number of ether oxygens (including phenoxy) is 1. The van der Waals surface area contributed by atoms with Crippen LogP contribution in [0.3, 0.4) is 0 Å². The van der Waals surface area contributed by atoms with Crippen LogP contribution in [0.5, 0.6) is 5.75 Å². The summed E-state index contributed by atoms with van der Waals surface area (Å²) in [7, 11) is 0. The molecule has 0 radical (unpaired) electrons. The molecule has 128 valence electrons. The normalized spacial score (nSPS) is 15.7. The Morgan fingerprint density at radius 1 is 1.17 bits per heavy atom. The third kappa shape index (κ3) is 4.84. The van der Waals surface area contributed by atoms with E-state index in [-0.39, 0.29) is 5.91 Å². The van der Waals surface area contributed by atoms with Crippen LogP contribution in [0.2, 0.25) is 0 Å². The van der Waals surface area contributed by atoms with Crippen LogP contribution >= 0.6 is 11.3 Å². The van der Waals surface area contributed by atoms with E-state index in [0.717, 1.165) is 29.0 Å². The Hall–Kier alpha value is -1.81. The summed E-state index contributed by atoms with van der Waals surface area (Å²) in [5, 5.41) is 5.21. The third-order valence-electron chi connectivity index (χ3n) is 4.49. The quantitative estimate of drug-likeness (QED) is 0.768. The van der Waals surface area contributed by atoms with Crippen molar-refractivity contribution in [1.82, 2.24) is 5.32 Å². The molecule has 0 aliphatic heterocycles. The number of carbonyl (C=O) groups is 1. The van der Waals surface area contributed by atoms with Crippen LogP contribution < -0.4 is 10.1 Å². The Morgan fingerprint density at radius 3 is 2.58 bits per heavy atom. The summed E-state index contributed by atoms with van der Waals surface area (Å²) >= 11 is 1.50. The largest absolute Gasteiger partial charge is 0.489 e. The smallest absolute Gasteiger partial charge is 0.261 e. The van der Waals surface area contributed by atoms with E-state index < -0.39 is 0 Å². The first-order valence-corrected chi connectivity index (χ1v) is 9.66. The highest BCUT2D eigenvalue weighted by Gasteiger charge is 2.17. The van der Waals surface area contributed by atoms with Gasteiger partial charge >= 0.3 is 0 Å². The molecule has 3 nitrogen and oxygen atoms in total. The summed E-state index contributed by atoms with van der Waals surface area (Å²) in [6.07, 6.45) is 7.27. The molecule has 1 aliphatic carbocycles. The minimum atomic E-state index is 0.0634. The molecule has 4 heteroatoms. The summed E-state index contributed by atoms with van der Waals surface area (Å²) in [5.41, 5.74) is 2.27. The van der Waals surface area contributed by atoms with Gasteiger partial charge in [-0.15, -0.1) is 11.3 Å². The maximum absolute atomic E-state index is 12.4. The molecule has 1 amide bonds. The second-order valence-corrected chi connectivity index (χ2v) is 7.49. The van der Waals surface area contributed by atoms with Crippen molar-refractivity contribution in [3.05, 3.63) is 51.7 Å². The standard InChI is InChI=1S/C20H25NO2S/c1-15-8-10-18(11-9-15)23-13-16-12-19(24-14-16)20(22)21-17-6-4-2-3-5-7-17/h8-12,14,17H,2-7,13H2,1H3,(H,21,22). The number of hydrogen-bond donors (Lipinski definition) is 1. The average molecular weight is 343 g/mol. The highest BCUT2D eigenvalue weighted by atomic mass is 32.1. The van der Waals surface area contributed by atoms with Gasteiger partial charge in [0.1, 0.15) is 12.4 Å². The number of thiophene rings is 1. The maximum Gasteiger partial charge on any atom is 0.261 e. The molecule has 0 unspecified atom stereocenters. The maximum atomic E-state index is 12.4. The fraction of sp³-hybridized carbons (Fsp3) is 0.450. The van der Waals surface area contributed by atoms with Gasteiger partial charge in [-0.1, -0.05) is 43.4 Å². The molecular weight excluding hydrogens is 318 g/mol. The van der Waals surface area contributed by atoms with Crippen LogP contribution in [0.15, 0.2) is 35.7 Å². The number of benzene rings is 1. The minimum absolute atomic E-state index is 0.0634. The highest BCUT2D eigenvalue weighted by molar-refractivity contribution is 7.12. The number of amides is 1. The van der Waals surface area contributed by atoms with Crippen LogP contribution in [-0.4, -0.2) is 11.9 Å².